The largest absolute Gasteiger partial charge is 0.490 e. The van der Waals surface area contributed by atoms with Gasteiger partial charge in [-0.2, -0.15) is 0 Å². The summed E-state index contributed by atoms with van der Waals surface area (Å²) in [6.07, 6.45) is 6.38. The second kappa shape index (κ2) is 7.15. The maximum absolute atomic E-state index is 5.60. The van der Waals surface area contributed by atoms with E-state index in [1.54, 1.807) is 0 Å². The molecule has 100 valence electrons. The van der Waals surface area contributed by atoms with Gasteiger partial charge in [0.15, 0.2) is 0 Å². The number of rotatable bonds is 6. The normalized spacial score (nSPS) is 11.1. The Labute approximate surface area is 119 Å². The molecule has 0 unspecified atom stereocenters. The Morgan fingerprint density at radius 2 is 1.89 bits per heavy atom. The van der Waals surface area contributed by atoms with E-state index in [2.05, 4.69) is 31.2 Å². The van der Waals surface area contributed by atoms with Gasteiger partial charge in [0.05, 0.1) is 0 Å². The first kappa shape index (κ1) is 13.9. The summed E-state index contributed by atoms with van der Waals surface area (Å²) < 4.78 is 5.60. The van der Waals surface area contributed by atoms with Crippen LogP contribution in [0.3, 0.4) is 0 Å². The van der Waals surface area contributed by atoms with Crippen molar-refractivity contribution in [1.29, 1.82) is 0 Å². The fourth-order valence-electron chi connectivity index (χ4n) is 1.87. The van der Waals surface area contributed by atoms with E-state index >= 15 is 0 Å². The fourth-order valence-corrected chi connectivity index (χ4v) is 2.98. The van der Waals surface area contributed by atoms with E-state index in [1.165, 1.54) is 28.2 Å². The predicted molar refractivity (Wildman–Crippen MR) is 84.1 cm³/mol. The third-order valence-electron chi connectivity index (χ3n) is 2.88. The predicted octanol–water partition coefficient (Wildman–Crippen LogP) is 5.32. The zero-order valence-corrected chi connectivity index (χ0v) is 12.4. The molecule has 0 saturated heterocycles. The molecule has 0 aliphatic carbocycles. The van der Waals surface area contributed by atoms with Crippen LogP contribution in [0, 0.1) is 0 Å². The molecule has 1 heterocycles. The fraction of sp³-hybridized carbons (Fsp3) is 0.294. The minimum atomic E-state index is 0.634. The lowest BCUT2D eigenvalue weighted by Gasteiger charge is -2.04. The quantitative estimate of drug-likeness (QED) is 0.646. The van der Waals surface area contributed by atoms with Crippen LogP contribution in [0.2, 0.25) is 0 Å². The third kappa shape index (κ3) is 3.97. The van der Waals surface area contributed by atoms with Crippen LogP contribution in [0.5, 0.6) is 5.75 Å². The minimum Gasteiger partial charge on any atom is -0.490 e. The molecule has 0 atom stereocenters. The molecule has 1 aromatic carbocycles. The molecular weight excluding hydrogens is 252 g/mol. The molecule has 2 aromatic rings. The molecule has 0 fully saturated rings. The molecular formula is C17H20OS. The SMILES string of the molecule is C/C=C/COc1ccc(-c2ccc(CCC)s2)cc1. The maximum Gasteiger partial charge on any atom is 0.119 e. The van der Waals surface area contributed by atoms with Crippen LogP contribution >= 0.6 is 11.3 Å². The van der Waals surface area contributed by atoms with E-state index in [0.717, 1.165) is 5.75 Å². The molecule has 0 amide bonds. The summed E-state index contributed by atoms with van der Waals surface area (Å²) in [6.45, 7) is 4.85. The van der Waals surface area contributed by atoms with Crippen LogP contribution in [0.25, 0.3) is 10.4 Å². The van der Waals surface area contributed by atoms with Crippen LogP contribution in [0.4, 0.5) is 0 Å². The van der Waals surface area contributed by atoms with Crippen molar-refractivity contribution in [3.8, 4) is 16.2 Å². The Balaban J connectivity index is 2.04. The van der Waals surface area contributed by atoms with Gasteiger partial charge in [-0.25, -0.2) is 0 Å². The molecule has 19 heavy (non-hydrogen) atoms. The van der Waals surface area contributed by atoms with Gasteiger partial charge in [0.1, 0.15) is 12.4 Å². The molecule has 2 heteroatoms. The topological polar surface area (TPSA) is 9.23 Å². The number of aryl methyl sites for hydroxylation is 1. The van der Waals surface area contributed by atoms with E-state index < -0.39 is 0 Å². The molecule has 0 saturated carbocycles. The van der Waals surface area contributed by atoms with Crippen molar-refractivity contribution in [2.24, 2.45) is 0 Å². The number of thiophene rings is 1. The zero-order valence-electron chi connectivity index (χ0n) is 11.6. The maximum atomic E-state index is 5.60. The van der Waals surface area contributed by atoms with Crippen molar-refractivity contribution in [2.75, 3.05) is 6.61 Å². The van der Waals surface area contributed by atoms with Gasteiger partial charge < -0.3 is 4.74 Å². The van der Waals surface area contributed by atoms with Gasteiger partial charge in [-0.05, 0) is 55.3 Å². The van der Waals surface area contributed by atoms with Gasteiger partial charge in [-0.3, -0.25) is 0 Å². The summed E-state index contributed by atoms with van der Waals surface area (Å²) >= 11 is 1.89. The second-order valence-electron chi connectivity index (χ2n) is 4.42. The van der Waals surface area contributed by atoms with Crippen molar-refractivity contribution in [2.45, 2.75) is 26.7 Å². The van der Waals surface area contributed by atoms with Gasteiger partial charge in [-0.1, -0.05) is 25.5 Å². The summed E-state index contributed by atoms with van der Waals surface area (Å²) in [6, 6.07) is 12.8. The smallest absolute Gasteiger partial charge is 0.119 e. The van der Waals surface area contributed by atoms with Crippen LogP contribution in [-0.4, -0.2) is 6.61 Å². The van der Waals surface area contributed by atoms with Crippen LogP contribution in [0.15, 0.2) is 48.6 Å². The lowest BCUT2D eigenvalue weighted by Crippen LogP contribution is -1.92. The highest BCUT2D eigenvalue weighted by atomic mass is 32.1. The number of hydrogen-bond acceptors (Lipinski definition) is 2. The van der Waals surface area contributed by atoms with Gasteiger partial charge >= 0.3 is 0 Å². The summed E-state index contributed by atoms with van der Waals surface area (Å²) in [4.78, 5) is 2.80. The number of benzene rings is 1. The monoisotopic (exact) mass is 272 g/mol. The Morgan fingerprint density at radius 3 is 2.58 bits per heavy atom. The Hall–Kier alpha value is -1.54. The highest BCUT2D eigenvalue weighted by Crippen LogP contribution is 2.30. The van der Waals surface area contributed by atoms with E-state index in [-0.39, 0.29) is 0 Å². The van der Waals surface area contributed by atoms with Crippen molar-refractivity contribution >= 4 is 11.3 Å². The summed E-state index contributed by atoms with van der Waals surface area (Å²) in [5.41, 5.74) is 1.27. The first-order valence-electron chi connectivity index (χ1n) is 6.76. The van der Waals surface area contributed by atoms with Gasteiger partial charge in [0.25, 0.3) is 0 Å². The summed E-state index contributed by atoms with van der Waals surface area (Å²) in [7, 11) is 0. The Morgan fingerprint density at radius 1 is 1.11 bits per heavy atom. The first-order valence-corrected chi connectivity index (χ1v) is 7.58. The van der Waals surface area contributed by atoms with Crippen molar-refractivity contribution in [3.63, 3.8) is 0 Å². The number of hydrogen-bond donors (Lipinski definition) is 0. The molecule has 1 aromatic heterocycles. The average molecular weight is 272 g/mol. The number of ether oxygens (including phenoxy) is 1. The first-order chi connectivity index (χ1) is 9.33. The molecule has 1 nitrogen and oxygen atoms in total. The van der Waals surface area contributed by atoms with Crippen molar-refractivity contribution in [1.82, 2.24) is 0 Å². The van der Waals surface area contributed by atoms with E-state index in [0.29, 0.717) is 6.61 Å². The van der Waals surface area contributed by atoms with Crippen LogP contribution in [-0.2, 0) is 6.42 Å². The van der Waals surface area contributed by atoms with Crippen molar-refractivity contribution in [3.05, 3.63) is 53.4 Å². The molecule has 0 bridgehead atoms. The highest BCUT2D eigenvalue weighted by molar-refractivity contribution is 7.15. The zero-order chi connectivity index (χ0) is 13.5. The summed E-state index contributed by atoms with van der Waals surface area (Å²) in [5, 5.41) is 0. The molecule has 0 spiro atoms. The molecule has 2 rings (SSSR count). The van der Waals surface area contributed by atoms with Crippen LogP contribution in [0.1, 0.15) is 25.1 Å². The lowest BCUT2D eigenvalue weighted by molar-refractivity contribution is 0.363. The van der Waals surface area contributed by atoms with Crippen LogP contribution < -0.4 is 4.74 Å². The lowest BCUT2D eigenvalue weighted by atomic mass is 10.2. The second-order valence-corrected chi connectivity index (χ2v) is 5.59. The number of allylic oxidation sites excluding steroid dienone is 1. The molecule has 0 aliphatic rings. The Kier molecular flexibility index (Phi) is 5.22. The highest BCUT2D eigenvalue weighted by Gasteiger charge is 2.02. The summed E-state index contributed by atoms with van der Waals surface area (Å²) in [5.74, 6) is 0.923. The van der Waals surface area contributed by atoms with Crippen molar-refractivity contribution < 1.29 is 4.74 Å². The standard InChI is InChI=1S/C17H20OS/c1-3-5-13-18-15-9-7-14(8-10-15)17-12-11-16(19-17)6-4-2/h3,5,7-12H,4,6,13H2,1-2H3/b5-3+. The van der Waals surface area contributed by atoms with E-state index in [1.807, 2.05) is 42.5 Å². The minimum absolute atomic E-state index is 0.634. The van der Waals surface area contributed by atoms with Gasteiger partial charge in [-0.15, -0.1) is 11.3 Å². The van der Waals surface area contributed by atoms with Gasteiger partial charge in [0, 0.05) is 9.75 Å². The average Bonchev–Trinajstić information content (AvgIpc) is 2.89. The van der Waals surface area contributed by atoms with E-state index in [9.17, 15) is 0 Å². The molecule has 0 aliphatic heterocycles. The van der Waals surface area contributed by atoms with Gasteiger partial charge in [0.2, 0.25) is 0 Å². The van der Waals surface area contributed by atoms with E-state index in [4.69, 9.17) is 4.74 Å². The molecule has 0 radical (unpaired) electrons. The molecule has 0 N–H and O–H groups in total. The Bertz CT molecular complexity index is 522. The third-order valence-corrected chi connectivity index (χ3v) is 4.07.